The van der Waals surface area contributed by atoms with Gasteiger partial charge in [0.25, 0.3) is 10.0 Å². The minimum absolute atomic E-state index is 0.0926. The van der Waals surface area contributed by atoms with Gasteiger partial charge in [-0.3, -0.25) is 9.52 Å². The topological polar surface area (TPSA) is 84.5 Å². The highest BCUT2D eigenvalue weighted by Crippen LogP contribution is 2.25. The number of hydrogen-bond acceptors (Lipinski definition) is 5. The van der Waals surface area contributed by atoms with Crippen LogP contribution in [0.5, 0.6) is 5.75 Å². The molecule has 1 amide bonds. The van der Waals surface area contributed by atoms with Crippen molar-refractivity contribution in [2.45, 2.75) is 22.0 Å². The van der Waals surface area contributed by atoms with Crippen molar-refractivity contribution in [3.05, 3.63) is 78.9 Å². The highest BCUT2D eigenvalue weighted by atomic mass is 32.2. The fourth-order valence-electron chi connectivity index (χ4n) is 2.62. The fourth-order valence-corrected chi connectivity index (χ4v) is 4.56. The maximum Gasteiger partial charge on any atom is 0.261 e. The van der Waals surface area contributed by atoms with Gasteiger partial charge in [0.1, 0.15) is 5.75 Å². The molecular formula is C22H22N2O4S2. The van der Waals surface area contributed by atoms with Crippen molar-refractivity contribution in [3.8, 4) is 5.75 Å². The average Bonchev–Trinajstić information content (AvgIpc) is 2.74. The van der Waals surface area contributed by atoms with Crippen molar-refractivity contribution >= 4 is 39.1 Å². The van der Waals surface area contributed by atoms with Crippen LogP contribution in [0.4, 0.5) is 11.4 Å². The molecule has 0 spiro atoms. The largest absolute Gasteiger partial charge is 0.497 e. The number of anilines is 2. The molecule has 0 fully saturated rings. The second kappa shape index (κ2) is 9.69. The Morgan fingerprint density at radius 1 is 0.933 bits per heavy atom. The SMILES string of the molecule is COc1cccc(NS(=O)(=O)c2ccc(NC(=O)[C@H](C)Sc3ccccc3)cc2)c1. The molecule has 30 heavy (non-hydrogen) atoms. The number of rotatable bonds is 8. The van der Waals surface area contributed by atoms with Gasteiger partial charge >= 0.3 is 0 Å². The lowest BCUT2D eigenvalue weighted by atomic mass is 10.3. The predicted octanol–water partition coefficient (Wildman–Crippen LogP) is 4.62. The molecule has 0 unspecified atom stereocenters. The first-order valence-electron chi connectivity index (χ1n) is 9.17. The second-order valence-electron chi connectivity index (χ2n) is 6.42. The van der Waals surface area contributed by atoms with E-state index in [0.717, 1.165) is 4.90 Å². The number of methoxy groups -OCH3 is 1. The van der Waals surface area contributed by atoms with E-state index < -0.39 is 10.0 Å². The summed E-state index contributed by atoms with van der Waals surface area (Å²) in [6.07, 6.45) is 0. The summed E-state index contributed by atoms with van der Waals surface area (Å²) in [5.74, 6) is 0.393. The number of ether oxygens (including phenoxy) is 1. The Morgan fingerprint density at radius 2 is 1.63 bits per heavy atom. The Labute approximate surface area is 180 Å². The summed E-state index contributed by atoms with van der Waals surface area (Å²) in [7, 11) is -2.25. The van der Waals surface area contributed by atoms with Gasteiger partial charge in [-0.05, 0) is 55.5 Å². The van der Waals surface area contributed by atoms with Crippen LogP contribution in [0.3, 0.4) is 0 Å². The number of amides is 1. The third-order valence-electron chi connectivity index (χ3n) is 4.18. The quantitative estimate of drug-likeness (QED) is 0.498. The number of hydrogen-bond donors (Lipinski definition) is 2. The van der Waals surface area contributed by atoms with E-state index in [0.29, 0.717) is 17.1 Å². The summed E-state index contributed by atoms with van der Waals surface area (Å²) in [5.41, 5.74) is 0.930. The highest BCUT2D eigenvalue weighted by Gasteiger charge is 2.17. The van der Waals surface area contributed by atoms with Crippen LogP contribution in [0.1, 0.15) is 6.92 Å². The Bertz CT molecular complexity index is 1100. The van der Waals surface area contributed by atoms with E-state index in [1.165, 1.54) is 31.0 Å². The zero-order valence-corrected chi connectivity index (χ0v) is 18.2. The fraction of sp³-hybridized carbons (Fsp3) is 0.136. The third-order valence-corrected chi connectivity index (χ3v) is 6.69. The number of nitrogens with one attached hydrogen (secondary N) is 2. The third kappa shape index (κ3) is 5.77. The van der Waals surface area contributed by atoms with E-state index in [1.807, 2.05) is 37.3 Å². The number of sulfonamides is 1. The van der Waals surface area contributed by atoms with E-state index in [2.05, 4.69) is 10.0 Å². The Kier molecular flexibility index (Phi) is 7.02. The average molecular weight is 443 g/mol. The number of thioether (sulfide) groups is 1. The van der Waals surface area contributed by atoms with Crippen LogP contribution in [-0.2, 0) is 14.8 Å². The van der Waals surface area contributed by atoms with E-state index >= 15 is 0 Å². The zero-order valence-electron chi connectivity index (χ0n) is 16.5. The van der Waals surface area contributed by atoms with Crippen LogP contribution >= 0.6 is 11.8 Å². The first-order valence-corrected chi connectivity index (χ1v) is 11.5. The Hall–Kier alpha value is -2.97. The van der Waals surface area contributed by atoms with Gasteiger partial charge < -0.3 is 10.1 Å². The molecule has 156 valence electrons. The maximum atomic E-state index is 12.6. The molecule has 3 aromatic carbocycles. The van der Waals surface area contributed by atoms with Crippen molar-refractivity contribution in [1.29, 1.82) is 0 Å². The molecule has 2 N–H and O–H groups in total. The van der Waals surface area contributed by atoms with Gasteiger partial charge in [-0.25, -0.2) is 8.42 Å². The van der Waals surface area contributed by atoms with Crippen LogP contribution in [-0.4, -0.2) is 26.7 Å². The van der Waals surface area contributed by atoms with Crippen molar-refractivity contribution < 1.29 is 17.9 Å². The smallest absolute Gasteiger partial charge is 0.261 e. The van der Waals surface area contributed by atoms with Crippen molar-refractivity contribution in [2.24, 2.45) is 0 Å². The second-order valence-corrected chi connectivity index (χ2v) is 9.52. The molecule has 8 heteroatoms. The Balaban J connectivity index is 1.64. The first-order chi connectivity index (χ1) is 14.4. The molecule has 0 aliphatic heterocycles. The van der Waals surface area contributed by atoms with E-state index in [9.17, 15) is 13.2 Å². The zero-order chi connectivity index (χ0) is 21.6. The minimum atomic E-state index is -3.76. The molecule has 0 aromatic heterocycles. The summed E-state index contributed by atoms with van der Waals surface area (Å²) in [6.45, 7) is 1.82. The van der Waals surface area contributed by atoms with Gasteiger partial charge in [0.2, 0.25) is 5.91 Å². The molecule has 0 bridgehead atoms. The van der Waals surface area contributed by atoms with E-state index in [1.54, 1.807) is 36.4 Å². The highest BCUT2D eigenvalue weighted by molar-refractivity contribution is 8.00. The number of carbonyl (C=O) groups excluding carboxylic acids is 1. The summed E-state index contributed by atoms with van der Waals surface area (Å²) in [5, 5.41) is 2.51. The van der Waals surface area contributed by atoms with Gasteiger partial charge in [-0.1, -0.05) is 24.3 Å². The van der Waals surface area contributed by atoms with Crippen LogP contribution in [0.2, 0.25) is 0 Å². The molecule has 0 saturated carbocycles. The van der Waals surface area contributed by atoms with E-state index in [4.69, 9.17) is 4.74 Å². The van der Waals surface area contributed by atoms with Crippen molar-refractivity contribution in [1.82, 2.24) is 0 Å². The molecule has 0 saturated heterocycles. The molecule has 0 radical (unpaired) electrons. The summed E-state index contributed by atoms with van der Waals surface area (Å²) in [6, 6.07) is 22.4. The lowest BCUT2D eigenvalue weighted by Gasteiger charge is -2.13. The van der Waals surface area contributed by atoms with Gasteiger partial charge in [0.05, 0.1) is 22.9 Å². The lowest BCUT2D eigenvalue weighted by Crippen LogP contribution is -2.22. The standard InChI is InChI=1S/C22H22N2O4S2/c1-16(29-20-9-4-3-5-10-20)22(25)23-17-11-13-21(14-12-17)30(26,27)24-18-7-6-8-19(15-18)28-2/h3-16,24H,1-2H3,(H,23,25)/t16-/m0/s1. The molecule has 0 aliphatic rings. The van der Waals surface area contributed by atoms with Crippen LogP contribution in [0, 0.1) is 0 Å². The maximum absolute atomic E-state index is 12.6. The molecular weight excluding hydrogens is 420 g/mol. The summed E-state index contributed by atoms with van der Waals surface area (Å²) >= 11 is 1.45. The molecule has 0 heterocycles. The molecule has 3 rings (SSSR count). The lowest BCUT2D eigenvalue weighted by molar-refractivity contribution is -0.115. The van der Waals surface area contributed by atoms with Gasteiger partial charge in [0, 0.05) is 16.6 Å². The van der Waals surface area contributed by atoms with Gasteiger partial charge in [-0.2, -0.15) is 0 Å². The van der Waals surface area contributed by atoms with Crippen LogP contribution in [0.25, 0.3) is 0 Å². The number of benzene rings is 3. The van der Waals surface area contributed by atoms with Gasteiger partial charge in [-0.15, -0.1) is 11.8 Å². The molecule has 3 aromatic rings. The minimum Gasteiger partial charge on any atom is -0.497 e. The predicted molar refractivity (Wildman–Crippen MR) is 121 cm³/mol. The normalized spacial score (nSPS) is 12.1. The molecule has 6 nitrogen and oxygen atoms in total. The Morgan fingerprint density at radius 3 is 2.30 bits per heavy atom. The monoisotopic (exact) mass is 442 g/mol. The molecule has 0 aliphatic carbocycles. The van der Waals surface area contributed by atoms with Crippen molar-refractivity contribution in [3.63, 3.8) is 0 Å². The van der Waals surface area contributed by atoms with Gasteiger partial charge in [0.15, 0.2) is 0 Å². The summed E-state index contributed by atoms with van der Waals surface area (Å²) in [4.78, 5) is 13.5. The van der Waals surface area contributed by atoms with E-state index in [-0.39, 0.29) is 16.1 Å². The van der Waals surface area contributed by atoms with Crippen molar-refractivity contribution in [2.75, 3.05) is 17.1 Å². The van der Waals surface area contributed by atoms with Crippen LogP contribution in [0.15, 0.2) is 88.7 Å². The van der Waals surface area contributed by atoms with Crippen LogP contribution < -0.4 is 14.8 Å². The molecule has 1 atom stereocenters. The first kappa shape index (κ1) is 21.7. The summed E-state index contributed by atoms with van der Waals surface area (Å²) < 4.78 is 32.8. The number of carbonyl (C=O) groups is 1.